The molecule has 32 heavy (non-hydrogen) atoms. The Morgan fingerprint density at radius 3 is 2.56 bits per heavy atom. The highest BCUT2D eigenvalue weighted by atomic mass is 79.9. The van der Waals surface area contributed by atoms with Crippen molar-refractivity contribution < 1.29 is 28.8 Å². The van der Waals surface area contributed by atoms with E-state index < -0.39 is 5.41 Å². The molecule has 0 aromatic heterocycles. The number of methoxy groups -OCH3 is 2. The van der Waals surface area contributed by atoms with Crippen LogP contribution in [0.4, 0.5) is 0 Å². The van der Waals surface area contributed by atoms with Crippen molar-refractivity contribution in [2.75, 3.05) is 20.8 Å². The van der Waals surface area contributed by atoms with Crippen molar-refractivity contribution in [2.24, 2.45) is 5.41 Å². The summed E-state index contributed by atoms with van der Waals surface area (Å²) in [6, 6.07) is 11.1. The van der Waals surface area contributed by atoms with Crippen LogP contribution < -0.4 is 14.2 Å². The molecule has 1 N–H and O–H groups in total. The lowest BCUT2D eigenvalue weighted by molar-refractivity contribution is -0.147. The monoisotopic (exact) mass is 502 g/mol. The van der Waals surface area contributed by atoms with Gasteiger partial charge in [-0.15, -0.1) is 0 Å². The lowest BCUT2D eigenvalue weighted by Crippen LogP contribution is -2.32. The third kappa shape index (κ3) is 4.31. The van der Waals surface area contributed by atoms with Crippen LogP contribution in [-0.4, -0.2) is 38.0 Å². The first kappa shape index (κ1) is 22.5. The summed E-state index contributed by atoms with van der Waals surface area (Å²) in [5, 5.41) is 10.3. The minimum absolute atomic E-state index is 0.0542. The molecule has 6 nitrogen and oxygen atoms in total. The van der Waals surface area contributed by atoms with E-state index in [-0.39, 0.29) is 17.8 Å². The Labute approximate surface area is 196 Å². The number of aryl methyl sites for hydroxylation is 1. The summed E-state index contributed by atoms with van der Waals surface area (Å²) < 4.78 is 22.5. The van der Waals surface area contributed by atoms with Crippen LogP contribution in [0.3, 0.4) is 0 Å². The number of hydrogen-bond acceptors (Lipinski definition) is 6. The standard InChI is InChI=1S/C25H27BrO6/c1-29-18-6-8-19(9-7-18)31-14-12-17-4-5-20-15-25(17,24(28)32-20)13-11-16-3-10-21(30-2)23(27)22(16)26/h3-4,6-10,20,27H,5,11-15H2,1-2H3/t20-,25-/m0/s1. The van der Waals surface area contributed by atoms with E-state index in [1.807, 2.05) is 30.3 Å². The highest BCUT2D eigenvalue weighted by Crippen LogP contribution is 2.50. The van der Waals surface area contributed by atoms with Crippen LogP contribution in [0, 0.1) is 5.41 Å². The first-order valence-electron chi connectivity index (χ1n) is 10.7. The quantitative estimate of drug-likeness (QED) is 0.375. The molecule has 2 atom stereocenters. The molecule has 1 aliphatic carbocycles. The van der Waals surface area contributed by atoms with Crippen LogP contribution in [0.5, 0.6) is 23.0 Å². The molecule has 0 amide bonds. The topological polar surface area (TPSA) is 74.2 Å². The molecule has 1 heterocycles. The fraction of sp³-hybridized carbons (Fsp3) is 0.400. The Hall–Kier alpha value is -2.67. The van der Waals surface area contributed by atoms with Crippen LogP contribution in [0.2, 0.25) is 0 Å². The van der Waals surface area contributed by atoms with Crippen molar-refractivity contribution >= 4 is 21.9 Å². The summed E-state index contributed by atoms with van der Waals surface area (Å²) in [6.07, 6.45) is 5.43. The van der Waals surface area contributed by atoms with Gasteiger partial charge in [-0.2, -0.15) is 0 Å². The van der Waals surface area contributed by atoms with Crippen molar-refractivity contribution in [2.45, 2.75) is 38.2 Å². The van der Waals surface area contributed by atoms with E-state index in [0.29, 0.717) is 42.5 Å². The molecule has 2 aromatic rings. The zero-order valence-corrected chi connectivity index (χ0v) is 19.8. The lowest BCUT2D eigenvalue weighted by atomic mass is 9.69. The van der Waals surface area contributed by atoms with E-state index in [1.54, 1.807) is 13.2 Å². The van der Waals surface area contributed by atoms with Gasteiger partial charge < -0.3 is 24.1 Å². The van der Waals surface area contributed by atoms with Crippen molar-refractivity contribution in [3.63, 3.8) is 0 Å². The molecule has 0 radical (unpaired) electrons. The highest BCUT2D eigenvalue weighted by Gasteiger charge is 2.52. The minimum Gasteiger partial charge on any atom is -0.503 e. The predicted molar refractivity (Wildman–Crippen MR) is 123 cm³/mol. The fourth-order valence-corrected chi connectivity index (χ4v) is 5.12. The Kier molecular flexibility index (Phi) is 6.65. The Morgan fingerprint density at radius 1 is 1.09 bits per heavy atom. The number of hydrogen-bond donors (Lipinski definition) is 1. The maximum Gasteiger partial charge on any atom is 0.316 e. The second kappa shape index (κ2) is 9.45. The number of phenolic OH excluding ortho intramolecular Hbond substituents is 1. The van der Waals surface area contributed by atoms with Crippen LogP contribution in [0.15, 0.2) is 52.5 Å². The van der Waals surface area contributed by atoms with Gasteiger partial charge in [0.05, 0.1) is 30.7 Å². The van der Waals surface area contributed by atoms with Crippen molar-refractivity contribution in [3.05, 3.63) is 58.1 Å². The third-order valence-electron chi connectivity index (χ3n) is 6.38. The second-order valence-corrected chi connectivity index (χ2v) is 8.94. The number of esters is 1. The van der Waals surface area contributed by atoms with Gasteiger partial charge in [0, 0.05) is 19.3 Å². The van der Waals surface area contributed by atoms with E-state index in [9.17, 15) is 9.90 Å². The van der Waals surface area contributed by atoms with E-state index >= 15 is 0 Å². The number of halogens is 1. The normalized spacial score (nSPS) is 21.7. The predicted octanol–water partition coefficient (Wildman–Crippen LogP) is 5.21. The van der Waals surface area contributed by atoms with Gasteiger partial charge in [-0.05, 0) is 64.7 Å². The fourth-order valence-electron chi connectivity index (χ4n) is 4.59. The number of fused-ring (bicyclic) bond motifs is 2. The maximum atomic E-state index is 13.0. The molecule has 0 saturated carbocycles. The zero-order valence-electron chi connectivity index (χ0n) is 18.2. The summed E-state index contributed by atoms with van der Waals surface area (Å²) in [4.78, 5) is 13.0. The summed E-state index contributed by atoms with van der Waals surface area (Å²) in [5.74, 6) is 1.88. The minimum atomic E-state index is -0.638. The van der Waals surface area contributed by atoms with Gasteiger partial charge in [0.2, 0.25) is 0 Å². The molecule has 0 unspecified atom stereocenters. The zero-order chi connectivity index (χ0) is 22.7. The summed E-state index contributed by atoms with van der Waals surface area (Å²) in [5.41, 5.74) is 1.37. The van der Waals surface area contributed by atoms with E-state index in [0.717, 1.165) is 29.1 Å². The molecular formula is C25H27BrO6. The van der Waals surface area contributed by atoms with Crippen LogP contribution in [-0.2, 0) is 16.0 Å². The number of rotatable bonds is 9. The summed E-state index contributed by atoms with van der Waals surface area (Å²) in [6.45, 7) is 0.477. The average molecular weight is 503 g/mol. The SMILES string of the molecule is COc1ccc(OCCC2=CC[C@H]3C[C@]2(CCc2ccc(OC)c(O)c2Br)C(=O)O3)cc1. The Balaban J connectivity index is 1.46. The molecule has 2 aromatic carbocycles. The van der Waals surface area contributed by atoms with E-state index in [1.165, 1.54) is 7.11 Å². The Bertz CT molecular complexity index is 1020. The molecule has 2 aliphatic rings. The molecule has 1 aliphatic heterocycles. The number of phenols is 1. The average Bonchev–Trinajstić information content (AvgIpc) is 3.07. The maximum absolute atomic E-state index is 13.0. The van der Waals surface area contributed by atoms with Crippen molar-refractivity contribution in [1.29, 1.82) is 0 Å². The molecule has 1 fully saturated rings. The Morgan fingerprint density at radius 2 is 1.84 bits per heavy atom. The molecule has 7 heteroatoms. The number of ether oxygens (including phenoxy) is 4. The largest absolute Gasteiger partial charge is 0.503 e. The summed E-state index contributed by atoms with van der Waals surface area (Å²) >= 11 is 3.47. The molecule has 2 bridgehead atoms. The molecular weight excluding hydrogens is 476 g/mol. The van der Waals surface area contributed by atoms with Gasteiger partial charge in [-0.25, -0.2) is 0 Å². The lowest BCUT2D eigenvalue weighted by Gasteiger charge is -2.31. The van der Waals surface area contributed by atoms with Crippen molar-refractivity contribution in [1.82, 2.24) is 0 Å². The molecule has 1 saturated heterocycles. The van der Waals surface area contributed by atoms with Gasteiger partial charge >= 0.3 is 5.97 Å². The van der Waals surface area contributed by atoms with Gasteiger partial charge in [0.25, 0.3) is 0 Å². The van der Waals surface area contributed by atoms with Crippen LogP contribution in [0.25, 0.3) is 0 Å². The third-order valence-corrected chi connectivity index (χ3v) is 7.27. The molecule has 4 rings (SSSR count). The number of carbonyl (C=O) groups is 1. The van der Waals surface area contributed by atoms with E-state index in [2.05, 4.69) is 22.0 Å². The van der Waals surface area contributed by atoms with Gasteiger partial charge in [-0.1, -0.05) is 17.7 Å². The first-order valence-corrected chi connectivity index (χ1v) is 11.5. The number of benzene rings is 2. The molecule has 0 spiro atoms. The number of aromatic hydroxyl groups is 1. The highest BCUT2D eigenvalue weighted by molar-refractivity contribution is 9.10. The van der Waals surface area contributed by atoms with Gasteiger partial charge in [-0.3, -0.25) is 4.79 Å². The second-order valence-electron chi connectivity index (χ2n) is 8.14. The number of carbonyl (C=O) groups excluding carboxylic acids is 1. The van der Waals surface area contributed by atoms with Gasteiger partial charge in [0.1, 0.15) is 17.6 Å². The summed E-state index contributed by atoms with van der Waals surface area (Å²) in [7, 11) is 3.15. The van der Waals surface area contributed by atoms with Crippen molar-refractivity contribution in [3.8, 4) is 23.0 Å². The van der Waals surface area contributed by atoms with Crippen LogP contribution in [0.1, 0.15) is 31.2 Å². The first-order chi connectivity index (χ1) is 15.5. The molecule has 170 valence electrons. The smallest absolute Gasteiger partial charge is 0.316 e. The van der Waals surface area contributed by atoms with E-state index in [4.69, 9.17) is 18.9 Å². The van der Waals surface area contributed by atoms with Gasteiger partial charge in [0.15, 0.2) is 11.5 Å². The van der Waals surface area contributed by atoms with Crippen LogP contribution >= 0.6 is 15.9 Å².